The fourth-order valence-corrected chi connectivity index (χ4v) is 3.00. The molecule has 32 heavy (non-hydrogen) atoms. The Kier molecular flexibility index (Phi) is 7.57. The maximum absolute atomic E-state index is 13.9. The Labute approximate surface area is 186 Å². The monoisotopic (exact) mass is 436 g/mol. The second-order valence-corrected chi connectivity index (χ2v) is 7.46. The summed E-state index contributed by atoms with van der Waals surface area (Å²) in [6.45, 7) is 3.74. The molecule has 0 radical (unpaired) electrons. The Morgan fingerprint density at radius 3 is 2.53 bits per heavy atom. The molecule has 0 aliphatic carbocycles. The number of hydrogen-bond acceptors (Lipinski definition) is 4. The number of anilines is 1. The van der Waals surface area contributed by atoms with Crippen molar-refractivity contribution in [2.75, 3.05) is 18.5 Å². The van der Waals surface area contributed by atoms with Crippen molar-refractivity contribution in [2.24, 2.45) is 0 Å². The van der Waals surface area contributed by atoms with Crippen molar-refractivity contribution in [1.29, 1.82) is 0 Å². The van der Waals surface area contributed by atoms with Crippen molar-refractivity contribution in [3.05, 3.63) is 94.8 Å². The lowest BCUT2D eigenvalue weighted by atomic mass is 10.1. The molecule has 3 aromatic rings. The molecule has 0 aliphatic heterocycles. The van der Waals surface area contributed by atoms with E-state index in [9.17, 15) is 19.1 Å². The van der Waals surface area contributed by atoms with Crippen LogP contribution < -0.4 is 15.4 Å². The third kappa shape index (κ3) is 6.15. The summed E-state index contributed by atoms with van der Waals surface area (Å²) in [4.78, 5) is 24.9. The number of carbonyl (C=O) groups is 2. The van der Waals surface area contributed by atoms with Crippen LogP contribution in [0.15, 0.2) is 66.7 Å². The van der Waals surface area contributed by atoms with Gasteiger partial charge in [0.25, 0.3) is 11.8 Å². The van der Waals surface area contributed by atoms with Crippen molar-refractivity contribution < 1.29 is 23.8 Å². The highest BCUT2D eigenvalue weighted by Crippen LogP contribution is 2.19. The zero-order valence-electron chi connectivity index (χ0n) is 17.9. The number of amides is 2. The number of carbonyl (C=O) groups excluding carboxylic acids is 2. The summed E-state index contributed by atoms with van der Waals surface area (Å²) < 4.78 is 19.4. The van der Waals surface area contributed by atoms with Gasteiger partial charge in [-0.15, -0.1) is 0 Å². The minimum Gasteiger partial charge on any atom is -0.491 e. The number of aliphatic hydroxyl groups is 1. The average molecular weight is 436 g/mol. The lowest BCUT2D eigenvalue weighted by molar-refractivity contribution is 0.0843. The molecule has 2 amide bonds. The van der Waals surface area contributed by atoms with Gasteiger partial charge in [-0.3, -0.25) is 9.59 Å². The Bertz CT molecular complexity index is 1120. The second-order valence-electron chi connectivity index (χ2n) is 7.46. The molecule has 3 aromatic carbocycles. The molecular weight excluding hydrogens is 411 g/mol. The van der Waals surface area contributed by atoms with Gasteiger partial charge in [-0.1, -0.05) is 30.3 Å². The van der Waals surface area contributed by atoms with E-state index < -0.39 is 23.7 Å². The molecule has 166 valence electrons. The highest BCUT2D eigenvalue weighted by Gasteiger charge is 2.15. The van der Waals surface area contributed by atoms with Gasteiger partial charge >= 0.3 is 0 Å². The first-order chi connectivity index (χ1) is 15.3. The van der Waals surface area contributed by atoms with Gasteiger partial charge in [0.15, 0.2) is 0 Å². The maximum Gasteiger partial charge on any atom is 0.258 e. The lowest BCUT2D eigenvalue weighted by Crippen LogP contribution is -2.35. The lowest BCUT2D eigenvalue weighted by Gasteiger charge is -2.14. The number of rotatable bonds is 8. The summed E-state index contributed by atoms with van der Waals surface area (Å²) in [7, 11) is 0. The Morgan fingerprint density at radius 2 is 1.78 bits per heavy atom. The predicted molar refractivity (Wildman–Crippen MR) is 121 cm³/mol. The normalized spacial score (nSPS) is 11.5. The molecule has 0 bridgehead atoms. The molecule has 0 fully saturated rings. The Balaban J connectivity index is 1.57. The molecule has 3 rings (SSSR count). The van der Waals surface area contributed by atoms with E-state index in [4.69, 9.17) is 4.74 Å². The molecule has 0 spiro atoms. The Morgan fingerprint density at radius 1 is 1.00 bits per heavy atom. The highest BCUT2D eigenvalue weighted by molar-refractivity contribution is 6.05. The number of hydrogen-bond donors (Lipinski definition) is 3. The largest absolute Gasteiger partial charge is 0.491 e. The average Bonchev–Trinajstić information content (AvgIpc) is 2.77. The van der Waals surface area contributed by atoms with E-state index in [2.05, 4.69) is 10.6 Å². The van der Waals surface area contributed by atoms with Crippen LogP contribution in [0, 0.1) is 19.7 Å². The summed E-state index contributed by atoms with van der Waals surface area (Å²) in [6, 6.07) is 17.9. The number of aliphatic hydroxyl groups excluding tert-OH is 1. The second kappa shape index (κ2) is 10.5. The predicted octanol–water partition coefficient (Wildman–Crippen LogP) is 3.86. The summed E-state index contributed by atoms with van der Waals surface area (Å²) in [5.41, 5.74) is 2.37. The van der Waals surface area contributed by atoms with Crippen molar-refractivity contribution in [1.82, 2.24) is 5.32 Å². The fourth-order valence-electron chi connectivity index (χ4n) is 3.00. The number of halogens is 1. The molecule has 1 atom stereocenters. The topological polar surface area (TPSA) is 87.7 Å². The molecule has 7 heteroatoms. The van der Waals surface area contributed by atoms with Crippen molar-refractivity contribution in [3.63, 3.8) is 0 Å². The molecule has 0 heterocycles. The van der Waals surface area contributed by atoms with E-state index in [-0.39, 0.29) is 18.7 Å². The maximum atomic E-state index is 13.9. The van der Waals surface area contributed by atoms with Crippen LogP contribution in [-0.2, 0) is 0 Å². The van der Waals surface area contributed by atoms with Crippen LogP contribution >= 0.6 is 0 Å². The third-order valence-corrected chi connectivity index (χ3v) is 4.80. The molecule has 0 saturated heterocycles. The van der Waals surface area contributed by atoms with Crippen LogP contribution in [-0.4, -0.2) is 36.2 Å². The van der Waals surface area contributed by atoms with Gasteiger partial charge in [0, 0.05) is 17.8 Å². The fraction of sp³-hybridized carbons (Fsp3) is 0.200. The molecule has 0 aromatic heterocycles. The van der Waals surface area contributed by atoms with Gasteiger partial charge in [-0.2, -0.15) is 0 Å². The van der Waals surface area contributed by atoms with Gasteiger partial charge in [0.2, 0.25) is 0 Å². The van der Waals surface area contributed by atoms with E-state index in [1.165, 1.54) is 24.3 Å². The molecule has 3 N–H and O–H groups in total. The van der Waals surface area contributed by atoms with Crippen LogP contribution in [0.1, 0.15) is 31.8 Å². The smallest absolute Gasteiger partial charge is 0.258 e. The van der Waals surface area contributed by atoms with Crippen LogP contribution in [0.3, 0.4) is 0 Å². The standard InChI is InChI=1S/C25H25FN2O4/c1-16-6-5-7-20(12-16)32-15-19(29)14-27-24(30)18-11-10-17(2)23(13-18)28-25(31)21-8-3-4-9-22(21)26/h3-13,19,29H,14-15H2,1-2H3,(H,27,30)(H,28,31). The summed E-state index contributed by atoms with van der Waals surface area (Å²) in [6.07, 6.45) is -0.898. The van der Waals surface area contributed by atoms with Crippen molar-refractivity contribution >= 4 is 17.5 Å². The molecular formula is C25H25FN2O4. The van der Waals surface area contributed by atoms with Gasteiger partial charge in [-0.25, -0.2) is 4.39 Å². The van der Waals surface area contributed by atoms with E-state index in [0.29, 0.717) is 17.0 Å². The number of benzene rings is 3. The van der Waals surface area contributed by atoms with Crippen LogP contribution in [0.4, 0.5) is 10.1 Å². The minimum atomic E-state index is -0.898. The number of nitrogens with one attached hydrogen (secondary N) is 2. The summed E-state index contributed by atoms with van der Waals surface area (Å²) >= 11 is 0. The number of aryl methyl sites for hydroxylation is 2. The van der Waals surface area contributed by atoms with Gasteiger partial charge in [0.1, 0.15) is 24.3 Å². The van der Waals surface area contributed by atoms with Crippen molar-refractivity contribution in [2.45, 2.75) is 20.0 Å². The Hall–Kier alpha value is -3.71. The van der Waals surface area contributed by atoms with E-state index in [1.54, 1.807) is 31.2 Å². The SMILES string of the molecule is Cc1cccc(OCC(O)CNC(=O)c2ccc(C)c(NC(=O)c3ccccc3F)c2)c1. The first-order valence-corrected chi connectivity index (χ1v) is 10.2. The van der Waals surface area contributed by atoms with Crippen LogP contribution in [0.25, 0.3) is 0 Å². The molecule has 6 nitrogen and oxygen atoms in total. The molecule has 0 saturated carbocycles. The molecule has 0 aliphatic rings. The van der Waals surface area contributed by atoms with Gasteiger partial charge in [0.05, 0.1) is 5.56 Å². The number of ether oxygens (including phenoxy) is 1. The van der Waals surface area contributed by atoms with Gasteiger partial charge < -0.3 is 20.5 Å². The van der Waals surface area contributed by atoms with Crippen molar-refractivity contribution in [3.8, 4) is 5.75 Å². The van der Waals surface area contributed by atoms with Crippen LogP contribution in [0.5, 0.6) is 5.75 Å². The quantitative estimate of drug-likeness (QED) is 0.500. The zero-order chi connectivity index (χ0) is 23.1. The zero-order valence-corrected chi connectivity index (χ0v) is 17.9. The van der Waals surface area contributed by atoms with Crippen LogP contribution in [0.2, 0.25) is 0 Å². The summed E-state index contributed by atoms with van der Waals surface area (Å²) in [5, 5.41) is 15.4. The summed E-state index contributed by atoms with van der Waals surface area (Å²) in [5.74, 6) is -1.00. The minimum absolute atomic E-state index is 0.00452. The van der Waals surface area contributed by atoms with E-state index in [0.717, 1.165) is 11.1 Å². The first-order valence-electron chi connectivity index (χ1n) is 10.2. The van der Waals surface area contributed by atoms with E-state index >= 15 is 0 Å². The van der Waals surface area contributed by atoms with Gasteiger partial charge in [-0.05, 0) is 61.4 Å². The van der Waals surface area contributed by atoms with E-state index in [1.807, 2.05) is 25.1 Å². The molecule has 1 unspecified atom stereocenters. The first kappa shape index (κ1) is 23.0. The third-order valence-electron chi connectivity index (χ3n) is 4.80. The highest BCUT2D eigenvalue weighted by atomic mass is 19.1.